The van der Waals surface area contributed by atoms with Crippen molar-refractivity contribution in [3.8, 4) is 23.1 Å². The summed E-state index contributed by atoms with van der Waals surface area (Å²) in [5.74, 6) is -4.82. The van der Waals surface area contributed by atoms with Gasteiger partial charge in [-0.05, 0) is 49.2 Å². The lowest BCUT2D eigenvalue weighted by molar-refractivity contribution is 0.0592. The zero-order valence-electron chi connectivity index (χ0n) is 29.5. The summed E-state index contributed by atoms with van der Waals surface area (Å²) in [5.41, 5.74) is -0.922. The third-order valence-electron chi connectivity index (χ3n) is 7.81. The lowest BCUT2D eigenvalue weighted by Crippen LogP contribution is -2.18. The zero-order chi connectivity index (χ0) is 39.6. The minimum Gasteiger partial charge on any atom is -0.490 e. The number of nitrogens with zero attached hydrogens (tertiary/aromatic N) is 8. The van der Waals surface area contributed by atoms with Crippen LogP contribution in [-0.4, -0.2) is 90.7 Å². The van der Waals surface area contributed by atoms with Gasteiger partial charge < -0.3 is 29.6 Å². The van der Waals surface area contributed by atoms with Crippen molar-refractivity contribution in [1.29, 1.82) is 0 Å². The van der Waals surface area contributed by atoms with Crippen LogP contribution in [0.25, 0.3) is 11.6 Å². The lowest BCUT2D eigenvalue weighted by atomic mass is 10.1. The van der Waals surface area contributed by atoms with E-state index < -0.39 is 35.4 Å². The van der Waals surface area contributed by atoms with Gasteiger partial charge in [0.05, 0.1) is 49.9 Å². The summed E-state index contributed by atoms with van der Waals surface area (Å²) in [7, 11) is 2.21. The van der Waals surface area contributed by atoms with Crippen molar-refractivity contribution in [2.45, 2.75) is 12.8 Å². The second-order valence-corrected chi connectivity index (χ2v) is 11.4. The van der Waals surface area contributed by atoms with E-state index in [9.17, 15) is 19.2 Å². The third-order valence-corrected chi connectivity index (χ3v) is 7.81. The Kier molecular flexibility index (Phi) is 11.9. The first kappa shape index (κ1) is 38.1. The van der Waals surface area contributed by atoms with Crippen LogP contribution in [0.5, 0.6) is 11.5 Å². The van der Waals surface area contributed by atoms with Crippen LogP contribution in [0, 0.1) is 11.6 Å². The number of methoxy groups -OCH3 is 2. The molecule has 286 valence electrons. The van der Waals surface area contributed by atoms with Crippen molar-refractivity contribution >= 4 is 35.1 Å². The van der Waals surface area contributed by atoms with E-state index in [-0.39, 0.29) is 71.4 Å². The molecule has 0 atom stereocenters. The molecule has 0 saturated heterocycles. The highest BCUT2D eigenvalue weighted by molar-refractivity contribution is 6.08. The molecule has 0 bridgehead atoms. The summed E-state index contributed by atoms with van der Waals surface area (Å²) in [6.45, 7) is -0.0870. The van der Waals surface area contributed by atoms with E-state index in [2.05, 4.69) is 41.0 Å². The molecule has 56 heavy (non-hydrogen) atoms. The van der Waals surface area contributed by atoms with Gasteiger partial charge in [-0.25, -0.2) is 28.3 Å². The molecular weight excluding hydrogens is 738 g/mol. The van der Waals surface area contributed by atoms with Crippen LogP contribution in [-0.2, 0) is 9.47 Å². The number of rotatable bonds is 15. The molecular formula is C36H30F2N10O8. The molecule has 0 fully saturated rings. The summed E-state index contributed by atoms with van der Waals surface area (Å²) in [6, 6.07) is 9.91. The molecule has 0 aliphatic rings. The van der Waals surface area contributed by atoms with Crippen LogP contribution >= 0.6 is 0 Å². The first-order chi connectivity index (χ1) is 27.1. The quantitative estimate of drug-likeness (QED) is 0.110. The fraction of sp³-hybridized carbons (Fsp3) is 0.167. The number of hydrogen-bond donors (Lipinski definition) is 2. The predicted molar refractivity (Wildman–Crippen MR) is 190 cm³/mol. The van der Waals surface area contributed by atoms with E-state index in [0.717, 1.165) is 38.5 Å². The summed E-state index contributed by atoms with van der Waals surface area (Å²) in [5, 5.41) is 20.8. The molecule has 2 aromatic carbocycles. The van der Waals surface area contributed by atoms with Crippen molar-refractivity contribution in [1.82, 2.24) is 39.5 Å². The Balaban J connectivity index is 1.06. The molecule has 18 nitrogen and oxygen atoms in total. The molecule has 4 aromatic heterocycles. The fourth-order valence-electron chi connectivity index (χ4n) is 4.99. The van der Waals surface area contributed by atoms with Crippen LogP contribution in [0.1, 0.15) is 54.5 Å². The number of halogens is 2. The Hall–Kier alpha value is -7.64. The summed E-state index contributed by atoms with van der Waals surface area (Å²) in [6.07, 6.45) is 9.99. The monoisotopic (exact) mass is 768 g/mol. The average Bonchev–Trinajstić information content (AvgIpc) is 3.97. The second-order valence-electron chi connectivity index (χ2n) is 11.4. The van der Waals surface area contributed by atoms with Crippen LogP contribution in [0.4, 0.5) is 20.2 Å². The predicted octanol–water partition coefficient (Wildman–Crippen LogP) is 4.23. The van der Waals surface area contributed by atoms with Crippen LogP contribution in [0.2, 0.25) is 0 Å². The van der Waals surface area contributed by atoms with Gasteiger partial charge in [0.2, 0.25) is 0 Å². The Morgan fingerprint density at radius 1 is 0.625 bits per heavy atom. The average molecular weight is 769 g/mol. The SMILES string of the molecule is COC(=O)c1cc(F)c(OCCCCOc2cc(NC(=O)c3ccc(-n4ccnc4)nn3)c(C(=O)OC)cc2F)cc1NC(=O)c1ccc(-n2ccnc2)nn1. The van der Waals surface area contributed by atoms with Crippen molar-refractivity contribution in [3.05, 3.63) is 120 Å². The Labute approximate surface area is 315 Å². The lowest BCUT2D eigenvalue weighted by Gasteiger charge is -2.15. The van der Waals surface area contributed by atoms with Gasteiger partial charge in [-0.1, -0.05) is 0 Å². The first-order valence-electron chi connectivity index (χ1n) is 16.5. The Morgan fingerprint density at radius 3 is 1.39 bits per heavy atom. The number of esters is 2. The number of anilines is 2. The first-order valence-corrected chi connectivity index (χ1v) is 16.5. The van der Waals surface area contributed by atoms with E-state index in [1.165, 1.54) is 36.9 Å². The number of carbonyl (C=O) groups excluding carboxylic acids is 4. The van der Waals surface area contributed by atoms with Gasteiger partial charge in [0.15, 0.2) is 46.2 Å². The Morgan fingerprint density at radius 2 is 1.05 bits per heavy atom. The van der Waals surface area contributed by atoms with Crippen LogP contribution in [0.15, 0.2) is 86.0 Å². The zero-order valence-corrected chi connectivity index (χ0v) is 29.5. The smallest absolute Gasteiger partial charge is 0.340 e. The maximum Gasteiger partial charge on any atom is 0.340 e. The molecule has 4 heterocycles. The van der Waals surface area contributed by atoms with Crippen LogP contribution < -0.4 is 20.1 Å². The van der Waals surface area contributed by atoms with Gasteiger partial charge in [0.1, 0.15) is 12.7 Å². The minimum absolute atomic E-state index is 0.0435. The standard InChI is InChI=1S/C36H30F2N10O8/c1-53-35(51)21-15-23(37)29(17-27(21)41-33(49)25-5-7-31(45-43-25)47-11-9-39-19-47)55-13-3-4-14-56-30-18-28(22(16-24(30)38)36(52)54-2)42-34(50)26-6-8-32(46-44-26)48-12-10-40-20-48/h5-12,15-20H,3-4,13-14H2,1-2H3,(H,41,49)(H,42,50). The minimum atomic E-state index is -0.909. The molecule has 2 N–H and O–H groups in total. The van der Waals surface area contributed by atoms with Gasteiger partial charge in [-0.3, -0.25) is 18.7 Å². The summed E-state index contributed by atoms with van der Waals surface area (Å²) < 4.78 is 53.9. The number of ether oxygens (including phenoxy) is 4. The van der Waals surface area contributed by atoms with Gasteiger partial charge in [-0.2, -0.15) is 0 Å². The fourth-order valence-corrected chi connectivity index (χ4v) is 4.99. The van der Waals surface area contributed by atoms with Crippen molar-refractivity contribution in [2.75, 3.05) is 38.1 Å². The Bertz CT molecular complexity index is 2180. The van der Waals surface area contributed by atoms with Gasteiger partial charge in [0, 0.05) is 36.9 Å². The maximum absolute atomic E-state index is 15.0. The largest absolute Gasteiger partial charge is 0.490 e. The summed E-state index contributed by atoms with van der Waals surface area (Å²) in [4.78, 5) is 58.7. The highest BCUT2D eigenvalue weighted by Gasteiger charge is 2.22. The maximum atomic E-state index is 15.0. The number of unbranched alkanes of at least 4 members (excludes halogenated alkanes) is 1. The van der Waals surface area contributed by atoms with Crippen molar-refractivity contribution in [3.63, 3.8) is 0 Å². The molecule has 0 unspecified atom stereocenters. The van der Waals surface area contributed by atoms with Gasteiger partial charge >= 0.3 is 11.9 Å². The number of carbonyl (C=O) groups is 4. The normalized spacial score (nSPS) is 10.7. The molecule has 6 rings (SSSR count). The van der Waals surface area contributed by atoms with E-state index in [1.807, 2.05) is 0 Å². The van der Waals surface area contributed by atoms with Crippen LogP contribution in [0.3, 0.4) is 0 Å². The molecule has 6 aromatic rings. The molecule has 20 heteroatoms. The molecule has 0 radical (unpaired) electrons. The number of imidazole rings is 2. The van der Waals surface area contributed by atoms with Crippen molar-refractivity contribution in [2.24, 2.45) is 0 Å². The summed E-state index contributed by atoms with van der Waals surface area (Å²) >= 11 is 0. The second kappa shape index (κ2) is 17.5. The van der Waals surface area contributed by atoms with Gasteiger partial charge in [-0.15, -0.1) is 20.4 Å². The molecule has 0 aliphatic heterocycles. The highest BCUT2D eigenvalue weighted by Crippen LogP contribution is 2.29. The van der Waals surface area contributed by atoms with E-state index in [4.69, 9.17) is 18.9 Å². The molecule has 2 amide bonds. The van der Waals surface area contributed by atoms with E-state index in [1.54, 1.807) is 33.9 Å². The topological polar surface area (TPSA) is 216 Å². The number of benzene rings is 2. The number of amides is 2. The molecule has 0 spiro atoms. The molecule has 0 saturated carbocycles. The number of hydrogen-bond acceptors (Lipinski definition) is 14. The van der Waals surface area contributed by atoms with E-state index >= 15 is 8.78 Å². The number of aromatic nitrogens is 8. The van der Waals surface area contributed by atoms with Gasteiger partial charge in [0.25, 0.3) is 11.8 Å². The number of nitrogens with one attached hydrogen (secondary N) is 2. The van der Waals surface area contributed by atoms with Crippen molar-refractivity contribution < 1.29 is 46.9 Å². The highest BCUT2D eigenvalue weighted by atomic mass is 19.1. The molecule has 0 aliphatic carbocycles. The van der Waals surface area contributed by atoms with E-state index in [0.29, 0.717) is 11.6 Å². The third kappa shape index (κ3) is 8.93.